The number of hydrogen-bond donors (Lipinski definition) is 1. The normalized spacial score (nSPS) is 12.9. The molecule has 1 aliphatic carbocycles. The number of ether oxygens (including phenoxy) is 1. The summed E-state index contributed by atoms with van der Waals surface area (Å²) in [7, 11) is 1.56. The van der Waals surface area contributed by atoms with Gasteiger partial charge in [-0.3, -0.25) is 19.0 Å². The Bertz CT molecular complexity index is 1200. The first kappa shape index (κ1) is 19.9. The first-order valence-electron chi connectivity index (χ1n) is 9.51. The van der Waals surface area contributed by atoms with E-state index < -0.39 is 11.5 Å². The number of carbonyl (C=O) groups excluding carboxylic acids is 2. The summed E-state index contributed by atoms with van der Waals surface area (Å²) >= 11 is 5.98. The molecule has 6 nitrogen and oxygen atoms in total. The van der Waals surface area contributed by atoms with Gasteiger partial charge in [-0.2, -0.15) is 0 Å². The quantitative estimate of drug-likeness (QED) is 0.681. The number of amides is 1. The fourth-order valence-corrected chi connectivity index (χ4v) is 3.81. The van der Waals surface area contributed by atoms with Crippen molar-refractivity contribution in [1.82, 2.24) is 4.57 Å². The minimum Gasteiger partial charge on any atom is -0.497 e. The largest absolute Gasteiger partial charge is 0.497 e. The van der Waals surface area contributed by atoms with E-state index in [1.807, 2.05) is 0 Å². The molecular formula is C23H19ClN2O4. The highest BCUT2D eigenvalue weighted by Gasteiger charge is 2.26. The number of methoxy groups -OCH3 is 1. The van der Waals surface area contributed by atoms with E-state index in [1.165, 1.54) is 10.6 Å². The van der Waals surface area contributed by atoms with Crippen molar-refractivity contribution in [2.24, 2.45) is 0 Å². The van der Waals surface area contributed by atoms with Gasteiger partial charge in [-0.05, 0) is 61.4 Å². The Morgan fingerprint density at radius 1 is 1.07 bits per heavy atom. The molecule has 1 N–H and O–H groups in total. The van der Waals surface area contributed by atoms with Crippen LogP contribution in [-0.4, -0.2) is 23.4 Å². The molecule has 0 fully saturated rings. The van der Waals surface area contributed by atoms with E-state index in [1.54, 1.807) is 55.6 Å². The third-order valence-corrected chi connectivity index (χ3v) is 5.31. The van der Waals surface area contributed by atoms with Crippen molar-refractivity contribution < 1.29 is 14.3 Å². The fraction of sp³-hybridized carbons (Fsp3) is 0.174. The first-order chi connectivity index (χ1) is 14.5. The number of nitrogens with zero attached hydrogens (tertiary/aromatic N) is 1. The highest BCUT2D eigenvalue weighted by atomic mass is 35.5. The molecule has 7 heteroatoms. The Morgan fingerprint density at radius 3 is 2.53 bits per heavy atom. The summed E-state index contributed by atoms with van der Waals surface area (Å²) < 4.78 is 6.64. The molecule has 3 aromatic rings. The minimum atomic E-state index is -0.592. The Labute approximate surface area is 178 Å². The molecule has 1 aliphatic rings. The van der Waals surface area contributed by atoms with Crippen molar-refractivity contribution in [2.45, 2.75) is 19.3 Å². The summed E-state index contributed by atoms with van der Waals surface area (Å²) in [6.45, 7) is 0. The summed E-state index contributed by atoms with van der Waals surface area (Å²) in [5, 5.41) is 3.15. The van der Waals surface area contributed by atoms with Crippen LogP contribution in [0, 0.1) is 0 Å². The molecule has 0 radical (unpaired) electrons. The van der Waals surface area contributed by atoms with Crippen LogP contribution in [0.25, 0.3) is 5.69 Å². The average Bonchev–Trinajstić information content (AvgIpc) is 2.74. The van der Waals surface area contributed by atoms with Gasteiger partial charge >= 0.3 is 0 Å². The van der Waals surface area contributed by atoms with Crippen LogP contribution in [0.5, 0.6) is 5.75 Å². The van der Waals surface area contributed by atoms with Crippen molar-refractivity contribution in [1.29, 1.82) is 0 Å². The maximum atomic E-state index is 13.3. The number of fused-ring (bicyclic) bond motifs is 1. The lowest BCUT2D eigenvalue weighted by atomic mass is 9.92. The van der Waals surface area contributed by atoms with Gasteiger partial charge in [0.1, 0.15) is 11.3 Å². The number of hydrogen-bond acceptors (Lipinski definition) is 4. The molecule has 0 bridgehead atoms. The molecule has 0 aliphatic heterocycles. The van der Waals surface area contributed by atoms with Crippen molar-refractivity contribution in [3.63, 3.8) is 0 Å². The van der Waals surface area contributed by atoms with Crippen molar-refractivity contribution in [3.05, 3.63) is 86.8 Å². The molecule has 0 atom stereocenters. The van der Waals surface area contributed by atoms with Crippen LogP contribution >= 0.6 is 11.6 Å². The van der Waals surface area contributed by atoms with Crippen LogP contribution in [0.1, 0.15) is 39.3 Å². The standard InChI is InChI=1S/C23H19ClN2O4/c1-30-17-10-8-16(9-11-17)26-20-6-3-7-21(27)18(20)13-19(23(26)29)22(28)25-15-5-2-4-14(24)12-15/h2,4-5,8-13H,3,6-7H2,1H3,(H,25,28). The number of nitrogens with one attached hydrogen (secondary N) is 1. The molecular weight excluding hydrogens is 404 g/mol. The number of rotatable bonds is 4. The molecule has 1 amide bonds. The van der Waals surface area contributed by atoms with Crippen molar-refractivity contribution in [3.8, 4) is 11.4 Å². The van der Waals surface area contributed by atoms with Crippen LogP contribution in [-0.2, 0) is 6.42 Å². The zero-order valence-corrected chi connectivity index (χ0v) is 17.0. The van der Waals surface area contributed by atoms with Gasteiger partial charge in [0.2, 0.25) is 0 Å². The van der Waals surface area contributed by atoms with E-state index in [0.717, 1.165) is 0 Å². The molecule has 152 valence electrons. The van der Waals surface area contributed by atoms with Gasteiger partial charge in [0.25, 0.3) is 11.5 Å². The monoisotopic (exact) mass is 422 g/mol. The maximum Gasteiger partial charge on any atom is 0.268 e. The van der Waals surface area contributed by atoms with E-state index in [-0.39, 0.29) is 11.3 Å². The Morgan fingerprint density at radius 2 is 1.83 bits per heavy atom. The van der Waals surface area contributed by atoms with E-state index in [9.17, 15) is 14.4 Å². The molecule has 0 spiro atoms. The lowest BCUT2D eigenvalue weighted by molar-refractivity contribution is 0.0971. The van der Waals surface area contributed by atoms with Crippen LogP contribution in [0.15, 0.2) is 59.4 Å². The zero-order valence-electron chi connectivity index (χ0n) is 16.3. The van der Waals surface area contributed by atoms with Gasteiger partial charge in [-0.25, -0.2) is 0 Å². The van der Waals surface area contributed by atoms with Gasteiger partial charge in [0.05, 0.1) is 7.11 Å². The number of anilines is 1. The van der Waals surface area contributed by atoms with E-state index >= 15 is 0 Å². The molecule has 0 unspecified atom stereocenters. The predicted molar refractivity (Wildman–Crippen MR) is 115 cm³/mol. The molecule has 4 rings (SSSR count). The SMILES string of the molecule is COc1ccc(-n2c3c(cc(C(=O)Nc4cccc(Cl)c4)c2=O)C(=O)CCC3)cc1. The predicted octanol–water partition coefficient (Wildman–Crippen LogP) is 4.27. The molecule has 0 saturated heterocycles. The molecule has 0 saturated carbocycles. The maximum absolute atomic E-state index is 13.3. The van der Waals surface area contributed by atoms with Crippen molar-refractivity contribution >= 4 is 29.0 Å². The van der Waals surface area contributed by atoms with Gasteiger partial charge in [-0.1, -0.05) is 17.7 Å². The number of halogens is 1. The first-order valence-corrected chi connectivity index (χ1v) is 9.89. The molecule has 1 heterocycles. The summed E-state index contributed by atoms with van der Waals surface area (Å²) in [5.41, 5.74) is 1.50. The van der Waals surface area contributed by atoms with Gasteiger partial charge in [0.15, 0.2) is 5.78 Å². The highest BCUT2D eigenvalue weighted by Crippen LogP contribution is 2.25. The summed E-state index contributed by atoms with van der Waals surface area (Å²) in [6.07, 6.45) is 1.64. The second-order valence-corrected chi connectivity index (χ2v) is 7.43. The third kappa shape index (κ3) is 3.74. The Kier molecular flexibility index (Phi) is 5.42. The molecule has 30 heavy (non-hydrogen) atoms. The van der Waals surface area contributed by atoms with Gasteiger partial charge < -0.3 is 10.1 Å². The number of pyridine rings is 1. The fourth-order valence-electron chi connectivity index (χ4n) is 3.62. The molecule has 2 aromatic carbocycles. The number of Topliss-reactive ketones (excluding diaryl/α,β-unsaturated/α-hetero) is 1. The van der Waals surface area contributed by atoms with E-state index in [4.69, 9.17) is 16.3 Å². The number of ketones is 1. The van der Waals surface area contributed by atoms with Crippen molar-refractivity contribution in [2.75, 3.05) is 12.4 Å². The van der Waals surface area contributed by atoms with Crippen LogP contribution < -0.4 is 15.6 Å². The van der Waals surface area contributed by atoms with Gasteiger partial charge in [0, 0.05) is 34.1 Å². The average molecular weight is 423 g/mol. The Hall–Kier alpha value is -3.38. The third-order valence-electron chi connectivity index (χ3n) is 5.08. The van der Waals surface area contributed by atoms with E-state index in [2.05, 4.69) is 5.32 Å². The second-order valence-electron chi connectivity index (χ2n) is 7.00. The number of benzene rings is 2. The van der Waals surface area contributed by atoms with Crippen LogP contribution in [0.3, 0.4) is 0 Å². The summed E-state index contributed by atoms with van der Waals surface area (Å²) in [6, 6.07) is 15.0. The number of aromatic nitrogens is 1. The van der Waals surface area contributed by atoms with Crippen LogP contribution in [0.2, 0.25) is 5.02 Å². The Balaban J connectivity index is 1.85. The van der Waals surface area contributed by atoms with Gasteiger partial charge in [-0.15, -0.1) is 0 Å². The smallest absolute Gasteiger partial charge is 0.268 e. The zero-order chi connectivity index (χ0) is 21.3. The number of carbonyl (C=O) groups is 2. The second kappa shape index (κ2) is 8.16. The lowest BCUT2D eigenvalue weighted by Gasteiger charge is -2.21. The summed E-state index contributed by atoms with van der Waals surface area (Å²) in [4.78, 5) is 38.8. The minimum absolute atomic E-state index is 0.0738. The van der Waals surface area contributed by atoms with E-state index in [0.29, 0.717) is 52.7 Å². The summed E-state index contributed by atoms with van der Waals surface area (Å²) in [5.74, 6) is -0.0207. The van der Waals surface area contributed by atoms with Crippen LogP contribution in [0.4, 0.5) is 5.69 Å². The molecule has 1 aromatic heterocycles. The highest BCUT2D eigenvalue weighted by molar-refractivity contribution is 6.31. The topological polar surface area (TPSA) is 77.4 Å². The lowest BCUT2D eigenvalue weighted by Crippen LogP contribution is -2.33.